The first-order chi connectivity index (χ1) is 10.3. The Kier molecular flexibility index (Phi) is 3.94. The van der Waals surface area contributed by atoms with Crippen molar-refractivity contribution in [2.24, 2.45) is 5.84 Å². The van der Waals surface area contributed by atoms with Gasteiger partial charge in [0.1, 0.15) is 0 Å². The van der Waals surface area contributed by atoms with Gasteiger partial charge in [-0.1, -0.05) is 29.5 Å². The van der Waals surface area contributed by atoms with Crippen molar-refractivity contribution in [1.82, 2.24) is 25.3 Å². The van der Waals surface area contributed by atoms with E-state index in [2.05, 4.69) is 39.5 Å². The summed E-state index contributed by atoms with van der Waals surface area (Å²) in [6, 6.07) is 8.55. The maximum atomic E-state index is 11.3. The number of carbonyl (C=O) groups is 1. The molecule has 1 aromatic carbocycles. The zero-order valence-electron chi connectivity index (χ0n) is 11.7. The summed E-state index contributed by atoms with van der Waals surface area (Å²) in [6.07, 6.45) is 2.69. The smallest absolute Gasteiger partial charge is 0.287 e. The van der Waals surface area contributed by atoms with Crippen LogP contribution in [0.4, 0.5) is 0 Å². The predicted molar refractivity (Wildman–Crippen MR) is 77.1 cm³/mol. The van der Waals surface area contributed by atoms with Crippen molar-refractivity contribution in [3.63, 3.8) is 0 Å². The van der Waals surface area contributed by atoms with Crippen LogP contribution in [0.1, 0.15) is 21.6 Å². The lowest BCUT2D eigenvalue weighted by Crippen LogP contribution is -2.33. The molecule has 0 radical (unpaired) electrons. The maximum Gasteiger partial charge on any atom is 0.287 e. The lowest BCUT2D eigenvalue weighted by molar-refractivity contribution is 0.0948. The van der Waals surface area contributed by atoms with Gasteiger partial charge in [0.2, 0.25) is 0 Å². The number of nitrogens with two attached hydrogens (primary N) is 1. The van der Waals surface area contributed by atoms with Crippen LogP contribution in [0.2, 0.25) is 0 Å². The molecule has 1 aliphatic rings. The summed E-state index contributed by atoms with van der Waals surface area (Å²) in [4.78, 5) is 13.7. The number of nitrogen functional groups attached to an aromatic ring is 1. The Morgan fingerprint density at radius 2 is 2.10 bits per heavy atom. The Morgan fingerprint density at radius 3 is 2.90 bits per heavy atom. The Bertz CT molecular complexity index is 638. The minimum atomic E-state index is -0.423. The van der Waals surface area contributed by atoms with E-state index in [4.69, 9.17) is 5.84 Å². The molecule has 3 rings (SSSR count). The molecule has 21 heavy (non-hydrogen) atoms. The average Bonchev–Trinajstić information content (AvgIpc) is 3.01. The van der Waals surface area contributed by atoms with Crippen LogP contribution >= 0.6 is 0 Å². The number of aromatic nitrogens is 3. The Balaban J connectivity index is 1.57. The molecule has 7 heteroatoms. The van der Waals surface area contributed by atoms with Gasteiger partial charge in [-0.05, 0) is 17.5 Å². The van der Waals surface area contributed by atoms with E-state index in [1.165, 1.54) is 11.1 Å². The molecule has 0 atom stereocenters. The molecule has 0 unspecified atom stereocenters. The molecule has 0 spiro atoms. The van der Waals surface area contributed by atoms with Crippen LogP contribution in [0.5, 0.6) is 0 Å². The minimum absolute atomic E-state index is 0.237. The molecular weight excluding hydrogens is 268 g/mol. The lowest BCUT2D eigenvalue weighted by atomic mass is 10.00. The predicted octanol–water partition coefficient (Wildman–Crippen LogP) is -0.0601. The number of hydrogen-bond acceptors (Lipinski definition) is 5. The van der Waals surface area contributed by atoms with Crippen LogP contribution in [0.3, 0.4) is 0 Å². The fraction of sp³-hybridized carbons (Fsp3) is 0.357. The van der Waals surface area contributed by atoms with E-state index >= 15 is 0 Å². The standard InChI is InChI=1S/C14H18N6O/c15-16-14(21)13-10-20(18-17-13)8-7-19-6-5-11-3-1-2-4-12(11)9-19/h1-4,10H,5-9,15H2,(H,16,21). The van der Waals surface area contributed by atoms with Crippen LogP contribution < -0.4 is 11.3 Å². The molecule has 2 heterocycles. The van der Waals surface area contributed by atoms with E-state index in [1.807, 2.05) is 5.43 Å². The van der Waals surface area contributed by atoms with Crippen LogP contribution in [-0.4, -0.2) is 38.9 Å². The third-order valence-corrected chi connectivity index (χ3v) is 3.76. The van der Waals surface area contributed by atoms with Gasteiger partial charge in [0.15, 0.2) is 5.69 Å². The van der Waals surface area contributed by atoms with Crippen molar-refractivity contribution in [2.45, 2.75) is 19.5 Å². The highest BCUT2D eigenvalue weighted by Crippen LogP contribution is 2.18. The molecule has 1 aromatic heterocycles. The Hall–Kier alpha value is -2.25. The normalized spacial score (nSPS) is 14.7. The van der Waals surface area contributed by atoms with Gasteiger partial charge in [-0.15, -0.1) is 5.10 Å². The van der Waals surface area contributed by atoms with E-state index in [0.717, 1.165) is 26.1 Å². The van der Waals surface area contributed by atoms with E-state index in [9.17, 15) is 4.79 Å². The molecule has 0 aliphatic carbocycles. The molecule has 2 aromatic rings. The molecule has 3 N–H and O–H groups in total. The summed E-state index contributed by atoms with van der Waals surface area (Å²) in [6.45, 7) is 3.58. The number of hydrogen-bond donors (Lipinski definition) is 2. The molecule has 1 aliphatic heterocycles. The number of amides is 1. The van der Waals surface area contributed by atoms with Gasteiger partial charge < -0.3 is 0 Å². The van der Waals surface area contributed by atoms with E-state index in [-0.39, 0.29) is 5.69 Å². The summed E-state index contributed by atoms with van der Waals surface area (Å²) in [5.41, 5.74) is 5.12. The third kappa shape index (κ3) is 3.09. The maximum absolute atomic E-state index is 11.3. The zero-order valence-corrected chi connectivity index (χ0v) is 11.7. The number of rotatable bonds is 4. The van der Waals surface area contributed by atoms with Crippen LogP contribution in [-0.2, 0) is 19.5 Å². The second-order valence-electron chi connectivity index (χ2n) is 5.14. The number of hydrazine groups is 1. The van der Waals surface area contributed by atoms with Gasteiger partial charge in [0, 0.05) is 19.6 Å². The third-order valence-electron chi connectivity index (χ3n) is 3.76. The summed E-state index contributed by atoms with van der Waals surface area (Å²) < 4.78 is 1.67. The summed E-state index contributed by atoms with van der Waals surface area (Å²) in [7, 11) is 0. The molecule has 1 amide bonds. The average molecular weight is 286 g/mol. The fourth-order valence-corrected chi connectivity index (χ4v) is 2.57. The lowest BCUT2D eigenvalue weighted by Gasteiger charge is -2.28. The van der Waals surface area contributed by atoms with Gasteiger partial charge in [-0.25, -0.2) is 5.84 Å². The van der Waals surface area contributed by atoms with E-state index in [0.29, 0.717) is 6.54 Å². The number of nitrogens with one attached hydrogen (secondary N) is 1. The van der Waals surface area contributed by atoms with Crippen molar-refractivity contribution < 1.29 is 4.79 Å². The summed E-state index contributed by atoms with van der Waals surface area (Å²) in [5.74, 6) is 4.64. The van der Waals surface area contributed by atoms with E-state index in [1.54, 1.807) is 10.9 Å². The number of benzene rings is 1. The van der Waals surface area contributed by atoms with Gasteiger partial charge in [-0.2, -0.15) is 0 Å². The van der Waals surface area contributed by atoms with Crippen molar-refractivity contribution in [2.75, 3.05) is 13.1 Å². The second-order valence-corrected chi connectivity index (χ2v) is 5.14. The number of fused-ring (bicyclic) bond motifs is 1. The monoisotopic (exact) mass is 286 g/mol. The first-order valence-corrected chi connectivity index (χ1v) is 6.96. The molecule has 0 saturated carbocycles. The van der Waals surface area contributed by atoms with Gasteiger partial charge >= 0.3 is 0 Å². The molecular formula is C14H18N6O. The summed E-state index contributed by atoms with van der Waals surface area (Å²) >= 11 is 0. The van der Waals surface area contributed by atoms with Crippen molar-refractivity contribution in [3.05, 3.63) is 47.3 Å². The Labute approximate surface area is 122 Å². The van der Waals surface area contributed by atoms with E-state index < -0.39 is 5.91 Å². The van der Waals surface area contributed by atoms with Crippen LogP contribution in [0.15, 0.2) is 30.5 Å². The van der Waals surface area contributed by atoms with Gasteiger partial charge in [0.05, 0.1) is 12.7 Å². The minimum Gasteiger partial charge on any atom is -0.297 e. The fourth-order valence-electron chi connectivity index (χ4n) is 2.57. The highest BCUT2D eigenvalue weighted by molar-refractivity contribution is 5.91. The quantitative estimate of drug-likeness (QED) is 0.467. The largest absolute Gasteiger partial charge is 0.297 e. The Morgan fingerprint density at radius 1 is 1.29 bits per heavy atom. The summed E-state index contributed by atoms with van der Waals surface area (Å²) in [5, 5.41) is 7.73. The van der Waals surface area contributed by atoms with Crippen LogP contribution in [0.25, 0.3) is 0 Å². The molecule has 7 nitrogen and oxygen atoms in total. The second kappa shape index (κ2) is 6.02. The molecule has 0 saturated heterocycles. The highest BCUT2D eigenvalue weighted by Gasteiger charge is 2.16. The number of nitrogens with zero attached hydrogens (tertiary/aromatic N) is 4. The zero-order chi connectivity index (χ0) is 14.7. The first kappa shape index (κ1) is 13.7. The van der Waals surface area contributed by atoms with Crippen molar-refractivity contribution >= 4 is 5.91 Å². The highest BCUT2D eigenvalue weighted by atomic mass is 16.2. The van der Waals surface area contributed by atoms with Gasteiger partial charge in [-0.3, -0.25) is 19.8 Å². The number of carbonyl (C=O) groups excluding carboxylic acids is 1. The van der Waals surface area contributed by atoms with Crippen molar-refractivity contribution in [3.8, 4) is 0 Å². The van der Waals surface area contributed by atoms with Crippen LogP contribution in [0, 0.1) is 0 Å². The molecule has 110 valence electrons. The van der Waals surface area contributed by atoms with Gasteiger partial charge in [0.25, 0.3) is 5.91 Å². The molecule has 0 fully saturated rings. The molecule has 0 bridgehead atoms. The topological polar surface area (TPSA) is 89.1 Å². The van der Waals surface area contributed by atoms with Crippen molar-refractivity contribution in [1.29, 1.82) is 0 Å². The SMILES string of the molecule is NNC(=O)c1cn(CCN2CCc3ccccc3C2)nn1. The first-order valence-electron chi connectivity index (χ1n) is 6.96.